The van der Waals surface area contributed by atoms with E-state index in [0.29, 0.717) is 26.2 Å². The minimum atomic E-state index is -0.283. The fourth-order valence-corrected chi connectivity index (χ4v) is 4.51. The largest absolute Gasteiger partial charge is 0.392 e. The van der Waals surface area contributed by atoms with Crippen molar-refractivity contribution in [1.82, 2.24) is 9.47 Å². The molecule has 2 heterocycles. The molecule has 4 rings (SSSR count). The molecule has 134 valence electrons. The van der Waals surface area contributed by atoms with Gasteiger partial charge in [-0.15, -0.1) is 0 Å². The molecule has 1 spiro atoms. The lowest BCUT2D eigenvalue weighted by atomic mass is 9.58. The zero-order chi connectivity index (χ0) is 17.4. The number of nitrogens with zero attached hydrogens (tertiary/aromatic N) is 2. The highest BCUT2D eigenvalue weighted by Crippen LogP contribution is 2.50. The summed E-state index contributed by atoms with van der Waals surface area (Å²) < 4.78 is 7.82. The van der Waals surface area contributed by atoms with Gasteiger partial charge in [0.2, 0.25) is 5.91 Å². The molecule has 1 aliphatic carbocycles. The standard InChI is InChI=1S/C20H26N2O3/c1-2-25-18-13-17(23)20(18)8-11-21(12-9-20)19(24)14-22-10-7-15-5-3-4-6-16(15)22/h3-7,10,17-18,23H,2,8-9,11-14H2,1H3/t17-,18+/m0/s1. The van der Waals surface area contributed by atoms with Crippen LogP contribution in [-0.4, -0.2) is 52.4 Å². The Kier molecular flexibility index (Phi) is 4.29. The van der Waals surface area contributed by atoms with Crippen LogP contribution in [0.4, 0.5) is 0 Å². The fraction of sp³-hybridized carbons (Fsp3) is 0.550. The lowest BCUT2D eigenvalue weighted by molar-refractivity contribution is -0.210. The predicted octanol–water partition coefficient (Wildman–Crippen LogP) is 2.42. The maximum atomic E-state index is 12.7. The Hall–Kier alpha value is -1.85. The first kappa shape index (κ1) is 16.6. The van der Waals surface area contributed by atoms with E-state index in [4.69, 9.17) is 4.74 Å². The van der Waals surface area contributed by atoms with Crippen LogP contribution in [-0.2, 0) is 16.1 Å². The normalized spacial score (nSPS) is 25.3. The summed E-state index contributed by atoms with van der Waals surface area (Å²) in [5, 5.41) is 11.4. The number of benzene rings is 1. The summed E-state index contributed by atoms with van der Waals surface area (Å²) in [6, 6.07) is 10.2. The van der Waals surface area contributed by atoms with Gasteiger partial charge >= 0.3 is 0 Å². The second-order valence-electron chi connectivity index (χ2n) is 7.31. The Morgan fingerprint density at radius 1 is 1.28 bits per heavy atom. The van der Waals surface area contributed by atoms with Gasteiger partial charge in [-0.05, 0) is 37.3 Å². The number of carbonyl (C=O) groups is 1. The summed E-state index contributed by atoms with van der Waals surface area (Å²) >= 11 is 0. The predicted molar refractivity (Wildman–Crippen MR) is 96.2 cm³/mol. The van der Waals surface area contributed by atoms with E-state index in [0.717, 1.165) is 30.2 Å². The van der Waals surface area contributed by atoms with Gasteiger partial charge in [-0.1, -0.05) is 18.2 Å². The molecule has 2 aliphatic rings. The van der Waals surface area contributed by atoms with Crippen molar-refractivity contribution < 1.29 is 14.6 Å². The molecule has 5 heteroatoms. The number of hydrogen-bond donors (Lipinski definition) is 1. The van der Waals surface area contributed by atoms with Crippen LogP contribution in [0.5, 0.6) is 0 Å². The third-order valence-corrected chi connectivity index (χ3v) is 6.14. The van der Waals surface area contributed by atoms with Crippen LogP contribution >= 0.6 is 0 Å². The number of para-hydroxylation sites is 1. The smallest absolute Gasteiger partial charge is 0.242 e. The number of rotatable bonds is 4. The van der Waals surface area contributed by atoms with E-state index in [-0.39, 0.29) is 23.5 Å². The maximum Gasteiger partial charge on any atom is 0.242 e. The van der Waals surface area contributed by atoms with Crippen molar-refractivity contribution in [3.05, 3.63) is 36.5 Å². The number of piperidine rings is 1. The quantitative estimate of drug-likeness (QED) is 0.928. The Morgan fingerprint density at radius 2 is 2.04 bits per heavy atom. The molecule has 1 aromatic heterocycles. The molecule has 2 atom stereocenters. The molecule has 1 amide bonds. The Morgan fingerprint density at radius 3 is 2.76 bits per heavy atom. The molecule has 0 radical (unpaired) electrons. The summed E-state index contributed by atoms with van der Waals surface area (Å²) in [4.78, 5) is 14.7. The van der Waals surface area contributed by atoms with Crippen LogP contribution in [0.15, 0.2) is 36.5 Å². The van der Waals surface area contributed by atoms with Gasteiger partial charge in [0.1, 0.15) is 6.54 Å². The number of fused-ring (bicyclic) bond motifs is 1. The lowest BCUT2D eigenvalue weighted by Gasteiger charge is -2.56. The average molecular weight is 342 g/mol. The number of hydrogen-bond acceptors (Lipinski definition) is 3. The van der Waals surface area contributed by atoms with Crippen LogP contribution in [0, 0.1) is 5.41 Å². The first-order valence-corrected chi connectivity index (χ1v) is 9.25. The molecule has 1 saturated heterocycles. The van der Waals surface area contributed by atoms with Gasteiger partial charge in [0, 0.05) is 43.2 Å². The minimum Gasteiger partial charge on any atom is -0.392 e. The second kappa shape index (κ2) is 6.46. The number of aliphatic hydroxyl groups excluding tert-OH is 1. The number of carbonyl (C=O) groups excluding carboxylic acids is 1. The molecule has 0 unspecified atom stereocenters. The fourth-order valence-electron chi connectivity index (χ4n) is 4.51. The summed E-state index contributed by atoms with van der Waals surface area (Å²) in [6.07, 6.45) is 4.24. The first-order valence-electron chi connectivity index (χ1n) is 9.25. The van der Waals surface area contributed by atoms with E-state index < -0.39 is 0 Å². The van der Waals surface area contributed by atoms with Gasteiger partial charge in [0.15, 0.2) is 0 Å². The molecule has 1 saturated carbocycles. The van der Waals surface area contributed by atoms with Gasteiger partial charge in [-0.25, -0.2) is 0 Å². The second-order valence-corrected chi connectivity index (χ2v) is 7.31. The maximum absolute atomic E-state index is 12.7. The lowest BCUT2D eigenvalue weighted by Crippen LogP contribution is -2.62. The van der Waals surface area contributed by atoms with Crippen molar-refractivity contribution in [3.8, 4) is 0 Å². The summed E-state index contributed by atoms with van der Waals surface area (Å²) in [5.74, 6) is 0.151. The highest BCUT2D eigenvalue weighted by molar-refractivity contribution is 5.83. The third kappa shape index (κ3) is 2.75. The highest BCUT2D eigenvalue weighted by Gasteiger charge is 2.56. The molecule has 5 nitrogen and oxygen atoms in total. The van der Waals surface area contributed by atoms with Crippen molar-refractivity contribution >= 4 is 16.8 Å². The van der Waals surface area contributed by atoms with Crippen LogP contribution in [0.2, 0.25) is 0 Å². The van der Waals surface area contributed by atoms with E-state index in [2.05, 4.69) is 6.07 Å². The van der Waals surface area contributed by atoms with Gasteiger partial charge in [0.25, 0.3) is 0 Å². The molecule has 1 aliphatic heterocycles. The Labute approximate surface area is 148 Å². The van der Waals surface area contributed by atoms with Crippen LogP contribution in [0.25, 0.3) is 10.9 Å². The Bertz CT molecular complexity index is 759. The topological polar surface area (TPSA) is 54.7 Å². The van der Waals surface area contributed by atoms with Crippen molar-refractivity contribution in [2.75, 3.05) is 19.7 Å². The summed E-state index contributed by atoms with van der Waals surface area (Å²) in [6.45, 7) is 4.47. The van der Waals surface area contributed by atoms with Crippen LogP contribution < -0.4 is 0 Å². The molecule has 0 bridgehead atoms. The molecule has 25 heavy (non-hydrogen) atoms. The number of aromatic nitrogens is 1. The summed E-state index contributed by atoms with van der Waals surface area (Å²) in [7, 11) is 0. The minimum absolute atomic E-state index is 0.132. The molecule has 2 fully saturated rings. The highest BCUT2D eigenvalue weighted by atomic mass is 16.5. The zero-order valence-electron chi connectivity index (χ0n) is 14.7. The van der Waals surface area contributed by atoms with Crippen molar-refractivity contribution in [2.45, 2.75) is 44.9 Å². The molecular formula is C20H26N2O3. The van der Waals surface area contributed by atoms with Crippen LogP contribution in [0.3, 0.4) is 0 Å². The summed E-state index contributed by atoms with van der Waals surface area (Å²) in [5.41, 5.74) is 0.961. The number of likely N-dealkylation sites (tertiary alicyclic amines) is 1. The van der Waals surface area contributed by atoms with Crippen molar-refractivity contribution in [1.29, 1.82) is 0 Å². The molecule has 2 aromatic rings. The molecular weight excluding hydrogens is 316 g/mol. The van der Waals surface area contributed by atoms with Crippen molar-refractivity contribution in [3.63, 3.8) is 0 Å². The number of amides is 1. The van der Waals surface area contributed by atoms with Crippen LogP contribution in [0.1, 0.15) is 26.2 Å². The SMILES string of the molecule is CCO[C@@H]1C[C@H](O)C12CCN(C(=O)Cn1ccc3ccccc31)CC2. The van der Waals surface area contributed by atoms with E-state index in [1.807, 2.05) is 46.9 Å². The number of ether oxygens (including phenoxy) is 1. The van der Waals surface area contributed by atoms with E-state index in [9.17, 15) is 9.90 Å². The van der Waals surface area contributed by atoms with Gasteiger partial charge in [-0.2, -0.15) is 0 Å². The third-order valence-electron chi connectivity index (χ3n) is 6.14. The average Bonchev–Trinajstić information content (AvgIpc) is 3.05. The molecule has 1 N–H and O–H groups in total. The van der Waals surface area contributed by atoms with E-state index >= 15 is 0 Å². The van der Waals surface area contributed by atoms with Gasteiger partial charge < -0.3 is 19.3 Å². The van der Waals surface area contributed by atoms with Gasteiger partial charge in [-0.3, -0.25) is 4.79 Å². The Balaban J connectivity index is 1.40. The molecule has 1 aromatic carbocycles. The van der Waals surface area contributed by atoms with E-state index in [1.54, 1.807) is 0 Å². The number of aliphatic hydroxyl groups is 1. The zero-order valence-corrected chi connectivity index (χ0v) is 14.7. The first-order chi connectivity index (χ1) is 12.1. The van der Waals surface area contributed by atoms with Gasteiger partial charge in [0.05, 0.1) is 12.2 Å². The van der Waals surface area contributed by atoms with Crippen molar-refractivity contribution in [2.24, 2.45) is 5.41 Å². The monoisotopic (exact) mass is 342 g/mol. The van der Waals surface area contributed by atoms with E-state index in [1.165, 1.54) is 0 Å².